The predicted octanol–water partition coefficient (Wildman–Crippen LogP) is 3.51. The van der Waals surface area contributed by atoms with Crippen LogP contribution in [0.4, 0.5) is 5.69 Å². The monoisotopic (exact) mass is 261 g/mol. The second kappa shape index (κ2) is 7.72. The molecule has 0 saturated carbocycles. The minimum Gasteiger partial charge on any atom is -0.325 e. The number of anilines is 1. The first-order valence-corrected chi connectivity index (χ1v) is 7.04. The number of hydrogen-bond donors (Lipinski definition) is 1. The van der Waals surface area contributed by atoms with Crippen LogP contribution in [0.1, 0.15) is 51.2 Å². The van der Waals surface area contributed by atoms with Crippen molar-refractivity contribution in [1.82, 2.24) is 0 Å². The predicted molar refractivity (Wildman–Crippen MR) is 78.4 cm³/mol. The van der Waals surface area contributed by atoms with Crippen molar-refractivity contribution in [3.63, 3.8) is 0 Å². The molecule has 19 heavy (non-hydrogen) atoms. The summed E-state index contributed by atoms with van der Waals surface area (Å²) in [5, 5.41) is 2.91. The number of aryl methyl sites for hydroxylation is 2. The van der Waals surface area contributed by atoms with E-state index in [1.165, 1.54) is 0 Å². The Bertz CT molecular complexity index is 430. The van der Waals surface area contributed by atoms with Crippen molar-refractivity contribution < 1.29 is 9.59 Å². The lowest BCUT2D eigenvalue weighted by molar-refractivity contribution is -0.125. The lowest BCUT2D eigenvalue weighted by Crippen LogP contribution is -2.18. The van der Waals surface area contributed by atoms with Gasteiger partial charge in [-0.15, -0.1) is 0 Å². The molecule has 1 aromatic rings. The summed E-state index contributed by atoms with van der Waals surface area (Å²) < 4.78 is 0. The van der Waals surface area contributed by atoms with E-state index in [0.717, 1.165) is 36.1 Å². The molecule has 0 aromatic heterocycles. The Morgan fingerprint density at radius 3 is 2.11 bits per heavy atom. The van der Waals surface area contributed by atoms with Crippen molar-refractivity contribution >= 4 is 17.4 Å². The Balaban J connectivity index is 2.80. The van der Waals surface area contributed by atoms with Crippen LogP contribution in [-0.2, 0) is 22.4 Å². The molecule has 0 saturated heterocycles. The molecule has 3 heteroatoms. The van der Waals surface area contributed by atoms with Crippen LogP contribution in [0.5, 0.6) is 0 Å². The van der Waals surface area contributed by atoms with E-state index in [-0.39, 0.29) is 18.1 Å². The molecular formula is C16H23NO2. The van der Waals surface area contributed by atoms with Gasteiger partial charge in [0.25, 0.3) is 0 Å². The number of para-hydroxylation sites is 1. The third kappa shape index (κ3) is 4.51. The molecule has 1 rings (SSSR count). The average molecular weight is 261 g/mol. The standard InChI is InChI=1S/C16H23NO2/c1-4-8-14(18)11-15(19)17-16-12(5-2)9-7-10-13(16)6-3/h7,9-10H,4-6,8,11H2,1-3H3,(H,17,19). The molecule has 0 spiro atoms. The number of nitrogens with one attached hydrogen (secondary N) is 1. The topological polar surface area (TPSA) is 46.2 Å². The van der Waals surface area contributed by atoms with Crippen LogP contribution in [-0.4, -0.2) is 11.7 Å². The molecule has 1 aromatic carbocycles. The third-order valence-corrected chi connectivity index (χ3v) is 3.15. The molecule has 0 aliphatic heterocycles. The number of amides is 1. The van der Waals surface area contributed by atoms with E-state index in [1.807, 2.05) is 25.1 Å². The zero-order valence-corrected chi connectivity index (χ0v) is 12.1. The lowest BCUT2D eigenvalue weighted by Gasteiger charge is -2.14. The minimum atomic E-state index is -0.200. The molecule has 1 N–H and O–H groups in total. The highest BCUT2D eigenvalue weighted by molar-refractivity contribution is 6.04. The van der Waals surface area contributed by atoms with Crippen LogP contribution in [0.15, 0.2) is 18.2 Å². The second-order valence-corrected chi connectivity index (χ2v) is 4.67. The number of Topliss-reactive ketones (excluding diaryl/α,β-unsaturated/α-hetero) is 1. The summed E-state index contributed by atoms with van der Waals surface area (Å²) in [6.07, 6.45) is 2.98. The van der Waals surface area contributed by atoms with E-state index in [4.69, 9.17) is 0 Å². The SMILES string of the molecule is CCCC(=O)CC(=O)Nc1c(CC)cccc1CC. The Morgan fingerprint density at radius 2 is 1.63 bits per heavy atom. The first-order valence-electron chi connectivity index (χ1n) is 7.04. The Kier molecular flexibility index (Phi) is 6.26. The quantitative estimate of drug-likeness (QED) is 0.763. The van der Waals surface area contributed by atoms with Gasteiger partial charge in [-0.25, -0.2) is 0 Å². The molecule has 0 radical (unpaired) electrons. The number of carbonyl (C=O) groups is 2. The van der Waals surface area contributed by atoms with Gasteiger partial charge in [-0.1, -0.05) is 39.0 Å². The van der Waals surface area contributed by atoms with Crippen molar-refractivity contribution in [2.24, 2.45) is 0 Å². The molecule has 0 heterocycles. The van der Waals surface area contributed by atoms with E-state index in [2.05, 4.69) is 19.2 Å². The van der Waals surface area contributed by atoms with Gasteiger partial charge >= 0.3 is 0 Å². The van der Waals surface area contributed by atoms with E-state index in [9.17, 15) is 9.59 Å². The van der Waals surface area contributed by atoms with Gasteiger partial charge in [0.15, 0.2) is 0 Å². The van der Waals surface area contributed by atoms with Crippen LogP contribution < -0.4 is 5.32 Å². The summed E-state index contributed by atoms with van der Waals surface area (Å²) in [5.74, 6) is -0.193. The fourth-order valence-corrected chi connectivity index (χ4v) is 2.13. The Morgan fingerprint density at radius 1 is 1.05 bits per heavy atom. The molecule has 0 unspecified atom stereocenters. The van der Waals surface area contributed by atoms with Crippen LogP contribution >= 0.6 is 0 Å². The number of rotatable bonds is 7. The third-order valence-electron chi connectivity index (χ3n) is 3.15. The van der Waals surface area contributed by atoms with Crippen molar-refractivity contribution in [3.8, 4) is 0 Å². The largest absolute Gasteiger partial charge is 0.325 e. The first-order chi connectivity index (χ1) is 9.12. The molecule has 104 valence electrons. The fraction of sp³-hybridized carbons (Fsp3) is 0.500. The molecule has 0 aliphatic rings. The zero-order valence-electron chi connectivity index (χ0n) is 12.1. The minimum absolute atomic E-state index is 0.00651. The number of ketones is 1. The van der Waals surface area contributed by atoms with Crippen molar-refractivity contribution in [3.05, 3.63) is 29.3 Å². The van der Waals surface area contributed by atoms with Gasteiger partial charge in [0.1, 0.15) is 5.78 Å². The maximum absolute atomic E-state index is 11.9. The summed E-state index contributed by atoms with van der Waals surface area (Å²) in [4.78, 5) is 23.4. The molecule has 0 atom stereocenters. The van der Waals surface area contributed by atoms with Crippen LogP contribution in [0.3, 0.4) is 0 Å². The van der Waals surface area contributed by atoms with Gasteiger partial charge in [0, 0.05) is 12.1 Å². The normalized spacial score (nSPS) is 10.3. The van der Waals surface area contributed by atoms with Gasteiger partial charge in [0.05, 0.1) is 6.42 Å². The molecule has 0 bridgehead atoms. The number of hydrogen-bond acceptors (Lipinski definition) is 2. The molecular weight excluding hydrogens is 238 g/mol. The molecule has 1 amide bonds. The van der Waals surface area contributed by atoms with Gasteiger partial charge in [-0.3, -0.25) is 9.59 Å². The van der Waals surface area contributed by atoms with Crippen molar-refractivity contribution in [2.45, 2.75) is 52.9 Å². The summed E-state index contributed by atoms with van der Waals surface area (Å²) >= 11 is 0. The van der Waals surface area contributed by atoms with E-state index >= 15 is 0 Å². The molecule has 3 nitrogen and oxygen atoms in total. The first kappa shape index (κ1) is 15.4. The maximum Gasteiger partial charge on any atom is 0.231 e. The fourth-order valence-electron chi connectivity index (χ4n) is 2.13. The van der Waals surface area contributed by atoms with Gasteiger partial charge in [-0.05, 0) is 30.4 Å². The van der Waals surface area contributed by atoms with E-state index < -0.39 is 0 Å². The van der Waals surface area contributed by atoms with E-state index in [0.29, 0.717) is 6.42 Å². The Hall–Kier alpha value is -1.64. The average Bonchev–Trinajstić information content (AvgIpc) is 2.39. The summed E-state index contributed by atoms with van der Waals surface area (Å²) in [7, 11) is 0. The summed E-state index contributed by atoms with van der Waals surface area (Å²) in [6, 6.07) is 6.04. The van der Waals surface area contributed by atoms with E-state index in [1.54, 1.807) is 0 Å². The molecule has 0 aliphatic carbocycles. The van der Waals surface area contributed by atoms with Gasteiger partial charge in [-0.2, -0.15) is 0 Å². The highest BCUT2D eigenvalue weighted by atomic mass is 16.2. The smallest absolute Gasteiger partial charge is 0.231 e. The molecule has 0 fully saturated rings. The van der Waals surface area contributed by atoms with Crippen LogP contribution in [0.25, 0.3) is 0 Å². The summed E-state index contributed by atoms with van der Waals surface area (Å²) in [6.45, 7) is 6.07. The van der Waals surface area contributed by atoms with Gasteiger partial charge < -0.3 is 5.32 Å². The van der Waals surface area contributed by atoms with Crippen LogP contribution in [0, 0.1) is 0 Å². The zero-order chi connectivity index (χ0) is 14.3. The number of carbonyl (C=O) groups excluding carboxylic acids is 2. The van der Waals surface area contributed by atoms with Crippen LogP contribution in [0.2, 0.25) is 0 Å². The van der Waals surface area contributed by atoms with Crippen molar-refractivity contribution in [2.75, 3.05) is 5.32 Å². The van der Waals surface area contributed by atoms with Gasteiger partial charge in [0.2, 0.25) is 5.91 Å². The van der Waals surface area contributed by atoms with Crippen molar-refractivity contribution in [1.29, 1.82) is 0 Å². The lowest BCUT2D eigenvalue weighted by atomic mass is 10.0. The maximum atomic E-state index is 11.9. The second-order valence-electron chi connectivity index (χ2n) is 4.67. The highest BCUT2D eigenvalue weighted by Gasteiger charge is 2.12. The highest BCUT2D eigenvalue weighted by Crippen LogP contribution is 2.22. The summed E-state index contributed by atoms with van der Waals surface area (Å²) in [5.41, 5.74) is 3.13. The number of benzene rings is 1. The Labute approximate surface area is 115 Å².